The summed E-state index contributed by atoms with van der Waals surface area (Å²) < 4.78 is 4.16. The lowest BCUT2D eigenvalue weighted by atomic mass is 9.47. The SMILES string of the molecule is C=C1CCC2C(C)(C)CCCC2(C)C1CCC(C)=CCn1c[n+](C)c2ncnc(N)c21.[Cl-]. The molecule has 4 rings (SSSR count). The van der Waals surface area contributed by atoms with Crippen LogP contribution in [0.2, 0.25) is 0 Å². The second kappa shape index (κ2) is 9.17. The van der Waals surface area contributed by atoms with Crippen molar-refractivity contribution in [3.05, 3.63) is 36.5 Å². The van der Waals surface area contributed by atoms with E-state index in [1.807, 2.05) is 11.6 Å². The zero-order valence-electron chi connectivity index (χ0n) is 20.5. The molecule has 176 valence electrons. The van der Waals surface area contributed by atoms with E-state index in [-0.39, 0.29) is 12.4 Å². The molecule has 32 heavy (non-hydrogen) atoms. The number of anilines is 1. The number of nitrogens with two attached hydrogens (primary N) is 1. The minimum Gasteiger partial charge on any atom is -1.00 e. The summed E-state index contributed by atoms with van der Waals surface area (Å²) in [6.07, 6.45) is 14.9. The maximum absolute atomic E-state index is 6.13. The van der Waals surface area contributed by atoms with Gasteiger partial charge < -0.3 is 18.1 Å². The highest BCUT2D eigenvalue weighted by Crippen LogP contribution is 2.61. The maximum Gasteiger partial charge on any atom is 0.307 e. The molecule has 2 aliphatic rings. The monoisotopic (exact) mass is 457 g/mol. The predicted molar refractivity (Wildman–Crippen MR) is 127 cm³/mol. The molecule has 2 heterocycles. The Kier molecular flexibility index (Phi) is 7.09. The Balaban J connectivity index is 0.00000289. The molecule has 2 N–H and O–H groups in total. The molecule has 2 aliphatic carbocycles. The lowest BCUT2D eigenvalue weighted by Crippen LogP contribution is -3.00. The van der Waals surface area contributed by atoms with E-state index in [9.17, 15) is 0 Å². The summed E-state index contributed by atoms with van der Waals surface area (Å²) in [6, 6.07) is 0. The number of nitrogen functional groups attached to an aromatic ring is 1. The van der Waals surface area contributed by atoms with Gasteiger partial charge in [-0.25, -0.2) is 4.57 Å². The van der Waals surface area contributed by atoms with Crippen molar-refractivity contribution in [3.8, 4) is 0 Å². The van der Waals surface area contributed by atoms with E-state index in [1.54, 1.807) is 0 Å². The van der Waals surface area contributed by atoms with Gasteiger partial charge >= 0.3 is 5.65 Å². The summed E-state index contributed by atoms with van der Waals surface area (Å²) in [6.45, 7) is 15.2. The van der Waals surface area contributed by atoms with Gasteiger partial charge in [0.2, 0.25) is 5.52 Å². The first-order valence-electron chi connectivity index (χ1n) is 11.9. The van der Waals surface area contributed by atoms with E-state index in [4.69, 9.17) is 5.73 Å². The third-order valence-electron chi connectivity index (χ3n) is 8.55. The summed E-state index contributed by atoms with van der Waals surface area (Å²) in [4.78, 5) is 8.55. The minimum absolute atomic E-state index is 0. The topological polar surface area (TPSA) is 60.6 Å². The first kappa shape index (κ1) is 24.8. The van der Waals surface area contributed by atoms with E-state index >= 15 is 0 Å². The lowest BCUT2D eigenvalue weighted by Gasteiger charge is -2.58. The van der Waals surface area contributed by atoms with Gasteiger partial charge in [-0.2, -0.15) is 4.98 Å². The van der Waals surface area contributed by atoms with Crippen LogP contribution < -0.4 is 22.7 Å². The fourth-order valence-electron chi connectivity index (χ4n) is 6.91. The highest BCUT2D eigenvalue weighted by atomic mass is 35.5. The Morgan fingerprint density at radius 3 is 2.81 bits per heavy atom. The summed E-state index contributed by atoms with van der Waals surface area (Å²) in [5.41, 5.74) is 11.7. The second-order valence-electron chi connectivity index (χ2n) is 11.0. The van der Waals surface area contributed by atoms with Crippen LogP contribution >= 0.6 is 0 Å². The average Bonchev–Trinajstić information content (AvgIpc) is 3.02. The van der Waals surface area contributed by atoms with Gasteiger partial charge in [0, 0.05) is 0 Å². The normalized spacial score (nSPS) is 27.8. The number of rotatable bonds is 5. The molecule has 0 aromatic carbocycles. The van der Waals surface area contributed by atoms with E-state index in [1.165, 1.54) is 56.0 Å². The third-order valence-corrected chi connectivity index (χ3v) is 8.55. The van der Waals surface area contributed by atoms with Crippen molar-refractivity contribution < 1.29 is 17.0 Å². The molecule has 2 saturated carbocycles. The van der Waals surface area contributed by atoms with Crippen LogP contribution in [-0.4, -0.2) is 14.5 Å². The first-order chi connectivity index (χ1) is 14.6. The standard InChI is InChI=1S/C26H40N5.ClH/c1-18(12-15-31-17-30(6)24-22(31)23(27)28-16-29-24)8-10-20-19(2)9-11-21-25(3,4)13-7-14-26(20,21)5;/h12,16-17,20-21H,2,7-11,13-15H2,1,3-6H3,(H2,27,28,29);1H/q+1;/p-1. The summed E-state index contributed by atoms with van der Waals surface area (Å²) in [5.74, 6) is 2.00. The molecular weight excluding hydrogens is 418 g/mol. The molecular formula is C26H40ClN5. The van der Waals surface area contributed by atoms with Crippen molar-refractivity contribution in [1.29, 1.82) is 0 Å². The largest absolute Gasteiger partial charge is 1.00 e. The van der Waals surface area contributed by atoms with Crippen LogP contribution in [-0.2, 0) is 13.6 Å². The van der Waals surface area contributed by atoms with Crippen molar-refractivity contribution in [2.75, 3.05) is 5.73 Å². The molecule has 0 aliphatic heterocycles. The van der Waals surface area contributed by atoms with Crippen molar-refractivity contribution in [1.82, 2.24) is 14.5 Å². The fourth-order valence-corrected chi connectivity index (χ4v) is 6.91. The van der Waals surface area contributed by atoms with Crippen LogP contribution in [0.3, 0.4) is 0 Å². The van der Waals surface area contributed by atoms with Gasteiger partial charge in [-0.15, -0.1) is 0 Å². The van der Waals surface area contributed by atoms with Gasteiger partial charge in [-0.05, 0) is 68.1 Å². The number of aromatic nitrogens is 4. The van der Waals surface area contributed by atoms with Crippen molar-refractivity contribution >= 4 is 17.0 Å². The molecule has 2 aromatic heterocycles. The number of fused-ring (bicyclic) bond motifs is 2. The summed E-state index contributed by atoms with van der Waals surface area (Å²) >= 11 is 0. The smallest absolute Gasteiger partial charge is 0.307 e. The van der Waals surface area contributed by atoms with E-state index in [0.717, 1.165) is 30.0 Å². The quantitative estimate of drug-likeness (QED) is 0.553. The van der Waals surface area contributed by atoms with E-state index in [0.29, 0.717) is 22.6 Å². The Morgan fingerprint density at radius 1 is 1.31 bits per heavy atom. The number of aryl methyl sites for hydroxylation is 1. The zero-order valence-corrected chi connectivity index (χ0v) is 21.3. The molecule has 0 spiro atoms. The second-order valence-corrected chi connectivity index (χ2v) is 11.0. The van der Waals surface area contributed by atoms with Crippen molar-refractivity contribution in [3.63, 3.8) is 0 Å². The van der Waals surface area contributed by atoms with E-state index < -0.39 is 0 Å². The number of halogens is 1. The Bertz CT molecular complexity index is 1020. The zero-order chi connectivity index (χ0) is 22.4. The van der Waals surface area contributed by atoms with Gasteiger partial charge in [-0.1, -0.05) is 56.0 Å². The van der Waals surface area contributed by atoms with E-state index in [2.05, 4.69) is 61.2 Å². The highest BCUT2D eigenvalue weighted by Gasteiger charge is 2.52. The number of hydrogen-bond donors (Lipinski definition) is 1. The molecule has 0 amide bonds. The minimum atomic E-state index is 0. The van der Waals surface area contributed by atoms with Crippen LogP contribution in [0.1, 0.15) is 72.6 Å². The van der Waals surface area contributed by atoms with Gasteiger partial charge in [0.25, 0.3) is 0 Å². The molecule has 2 fully saturated rings. The number of nitrogens with zero attached hydrogens (tertiary/aromatic N) is 4. The molecule has 5 nitrogen and oxygen atoms in total. The molecule has 3 unspecified atom stereocenters. The van der Waals surface area contributed by atoms with Crippen molar-refractivity contribution in [2.45, 2.75) is 79.2 Å². The Hall–Kier alpha value is -1.88. The van der Waals surface area contributed by atoms with Gasteiger partial charge in [0.15, 0.2) is 18.5 Å². The molecule has 6 heteroatoms. The van der Waals surface area contributed by atoms with Gasteiger partial charge in [0.05, 0.1) is 13.6 Å². The molecule has 2 aromatic rings. The Morgan fingerprint density at radius 2 is 2.06 bits per heavy atom. The van der Waals surface area contributed by atoms with Gasteiger partial charge in [-0.3, -0.25) is 4.57 Å². The van der Waals surface area contributed by atoms with Crippen LogP contribution in [0.15, 0.2) is 36.5 Å². The first-order valence-corrected chi connectivity index (χ1v) is 11.9. The lowest BCUT2D eigenvalue weighted by molar-refractivity contribution is -0.647. The fraction of sp³-hybridized carbons (Fsp3) is 0.654. The maximum atomic E-state index is 6.13. The number of hydrogen-bond acceptors (Lipinski definition) is 3. The highest BCUT2D eigenvalue weighted by molar-refractivity contribution is 5.79. The molecule has 0 radical (unpaired) electrons. The predicted octanol–water partition coefficient (Wildman–Crippen LogP) is 2.37. The van der Waals surface area contributed by atoms with Crippen LogP contribution in [0.4, 0.5) is 5.82 Å². The summed E-state index contributed by atoms with van der Waals surface area (Å²) in [5, 5.41) is 0. The number of imidazole rings is 1. The average molecular weight is 458 g/mol. The Labute approximate surface area is 199 Å². The van der Waals surface area contributed by atoms with Crippen LogP contribution in [0.25, 0.3) is 11.2 Å². The third kappa shape index (κ3) is 4.33. The van der Waals surface area contributed by atoms with Crippen LogP contribution in [0, 0.1) is 22.7 Å². The number of allylic oxidation sites excluding steroid dienone is 3. The van der Waals surface area contributed by atoms with Crippen molar-refractivity contribution in [2.24, 2.45) is 29.7 Å². The summed E-state index contributed by atoms with van der Waals surface area (Å²) in [7, 11) is 2.00. The molecule has 0 bridgehead atoms. The molecule has 3 atom stereocenters. The van der Waals surface area contributed by atoms with Gasteiger partial charge in [0.1, 0.15) is 0 Å². The molecule has 0 saturated heterocycles. The van der Waals surface area contributed by atoms with Crippen LogP contribution in [0.5, 0.6) is 0 Å².